The molecule has 2 heterocycles. The van der Waals surface area contributed by atoms with E-state index >= 15 is 0 Å². The van der Waals surface area contributed by atoms with Gasteiger partial charge in [-0.2, -0.15) is 5.26 Å². The smallest absolute Gasteiger partial charge is 0.338 e. The molecule has 0 spiro atoms. The van der Waals surface area contributed by atoms with Crippen LogP contribution in [0.3, 0.4) is 0 Å². The van der Waals surface area contributed by atoms with E-state index in [1.807, 2.05) is 85.8 Å². The van der Waals surface area contributed by atoms with Crippen LogP contribution >= 0.6 is 11.3 Å². The maximum absolute atomic E-state index is 13.7. The van der Waals surface area contributed by atoms with Crippen molar-refractivity contribution in [3.63, 3.8) is 0 Å². The number of esters is 1. The van der Waals surface area contributed by atoms with Crippen LogP contribution in [-0.2, 0) is 16.1 Å². The number of nitriles is 1. The predicted molar refractivity (Wildman–Crippen MR) is 149 cm³/mol. The summed E-state index contributed by atoms with van der Waals surface area (Å²) < 4.78 is 13.1. The topological polar surface area (TPSA) is 93.7 Å². The SMILES string of the molecule is CCC1=C(C(=O)OC)[C@@H](c2ccccc2)n2c(s/c(=C\c3ccc(OCc4ccccc4C#N)cc3)c2=O)=N1. The Bertz CT molecular complexity index is 1780. The maximum Gasteiger partial charge on any atom is 0.338 e. The molecule has 5 rings (SSSR count). The Morgan fingerprint density at radius 1 is 1.08 bits per heavy atom. The lowest BCUT2D eigenvalue weighted by Crippen LogP contribution is -2.40. The van der Waals surface area contributed by atoms with Crippen molar-refractivity contribution in [1.82, 2.24) is 4.57 Å². The molecule has 0 fully saturated rings. The summed E-state index contributed by atoms with van der Waals surface area (Å²) in [5.74, 6) is 0.160. The van der Waals surface area contributed by atoms with Gasteiger partial charge < -0.3 is 9.47 Å². The van der Waals surface area contributed by atoms with E-state index in [-0.39, 0.29) is 12.2 Å². The largest absolute Gasteiger partial charge is 0.489 e. The first-order valence-corrected chi connectivity index (χ1v) is 13.2. The molecular weight excluding hydrogens is 510 g/mol. The lowest BCUT2D eigenvalue weighted by molar-refractivity contribution is -0.136. The Morgan fingerprint density at radius 2 is 1.79 bits per heavy atom. The van der Waals surface area contributed by atoms with Crippen molar-refractivity contribution in [3.8, 4) is 11.8 Å². The molecule has 1 aliphatic rings. The summed E-state index contributed by atoms with van der Waals surface area (Å²) in [5.41, 5.74) is 3.80. The average Bonchev–Trinajstić information content (AvgIpc) is 3.30. The van der Waals surface area contributed by atoms with E-state index in [0.717, 1.165) is 16.7 Å². The number of carbonyl (C=O) groups excluding carboxylic acids is 1. The summed E-state index contributed by atoms with van der Waals surface area (Å²) in [6.45, 7) is 2.21. The van der Waals surface area contributed by atoms with Gasteiger partial charge in [-0.15, -0.1) is 0 Å². The van der Waals surface area contributed by atoms with Crippen LogP contribution in [-0.4, -0.2) is 17.6 Å². The summed E-state index contributed by atoms with van der Waals surface area (Å²) >= 11 is 1.29. The number of hydrogen-bond acceptors (Lipinski definition) is 7. The minimum absolute atomic E-state index is 0.224. The monoisotopic (exact) mass is 535 g/mol. The predicted octanol–water partition coefficient (Wildman–Crippen LogP) is 4.25. The standard InChI is InChI=1S/C31H25N3O4S/c1-3-25-27(30(36)37-2)28(21-9-5-4-6-10-21)34-29(35)26(39-31(34)33-25)17-20-13-15-24(16-14-20)38-19-23-12-8-7-11-22(23)18-32/h4-17,28H,3,19H2,1-2H3/b26-17-/t28-/m1/s1. The molecule has 0 N–H and O–H groups in total. The van der Waals surface area contributed by atoms with Crippen molar-refractivity contribution >= 4 is 23.4 Å². The molecule has 39 heavy (non-hydrogen) atoms. The number of hydrogen-bond donors (Lipinski definition) is 0. The van der Waals surface area contributed by atoms with Crippen molar-refractivity contribution in [2.75, 3.05) is 7.11 Å². The minimum Gasteiger partial charge on any atom is -0.489 e. The summed E-state index contributed by atoms with van der Waals surface area (Å²) in [6, 6.07) is 25.7. The third kappa shape index (κ3) is 5.17. The molecule has 0 saturated heterocycles. The van der Waals surface area contributed by atoms with E-state index in [1.165, 1.54) is 18.4 Å². The molecule has 0 amide bonds. The number of methoxy groups -OCH3 is 1. The number of carbonyl (C=O) groups is 1. The Balaban J connectivity index is 1.50. The summed E-state index contributed by atoms with van der Waals surface area (Å²) in [4.78, 5) is 31.8. The van der Waals surface area contributed by atoms with Crippen molar-refractivity contribution < 1.29 is 14.3 Å². The quantitative estimate of drug-likeness (QED) is 0.330. The van der Waals surface area contributed by atoms with Gasteiger partial charge in [-0.1, -0.05) is 78.9 Å². The number of fused-ring (bicyclic) bond motifs is 1. The number of aromatic nitrogens is 1. The van der Waals surface area contributed by atoms with E-state index < -0.39 is 12.0 Å². The molecular formula is C31H25N3O4S. The number of ether oxygens (including phenoxy) is 2. The van der Waals surface area contributed by atoms with Crippen LogP contribution in [0.25, 0.3) is 6.08 Å². The molecule has 0 bridgehead atoms. The molecule has 0 radical (unpaired) electrons. The minimum atomic E-state index is -0.626. The second kappa shape index (κ2) is 11.3. The van der Waals surface area contributed by atoms with Gasteiger partial charge in [0.2, 0.25) is 0 Å². The molecule has 4 aromatic rings. The van der Waals surface area contributed by atoms with Crippen LogP contribution in [0.15, 0.2) is 99.9 Å². The Morgan fingerprint density at radius 3 is 2.49 bits per heavy atom. The molecule has 8 heteroatoms. The van der Waals surface area contributed by atoms with E-state index in [0.29, 0.717) is 38.3 Å². The van der Waals surface area contributed by atoms with Gasteiger partial charge in [-0.25, -0.2) is 9.79 Å². The van der Waals surface area contributed by atoms with Gasteiger partial charge in [-0.05, 0) is 41.8 Å². The van der Waals surface area contributed by atoms with E-state index in [9.17, 15) is 14.9 Å². The summed E-state index contributed by atoms with van der Waals surface area (Å²) in [5, 5.41) is 9.27. The highest BCUT2D eigenvalue weighted by molar-refractivity contribution is 7.07. The van der Waals surface area contributed by atoms with Crippen LogP contribution in [0.1, 0.15) is 41.6 Å². The van der Waals surface area contributed by atoms with Crippen LogP contribution in [0, 0.1) is 11.3 Å². The fourth-order valence-electron chi connectivity index (χ4n) is 4.54. The first-order chi connectivity index (χ1) is 19.0. The molecule has 7 nitrogen and oxygen atoms in total. The van der Waals surface area contributed by atoms with Gasteiger partial charge in [0.15, 0.2) is 4.80 Å². The molecule has 0 aliphatic carbocycles. The molecule has 0 saturated carbocycles. The van der Waals surface area contributed by atoms with E-state index in [4.69, 9.17) is 14.5 Å². The van der Waals surface area contributed by atoms with Crippen molar-refractivity contribution in [3.05, 3.63) is 132 Å². The van der Waals surface area contributed by atoms with Crippen LogP contribution < -0.4 is 19.6 Å². The normalized spacial score (nSPS) is 14.8. The Labute approximate surface area is 229 Å². The zero-order valence-electron chi connectivity index (χ0n) is 21.5. The van der Waals surface area contributed by atoms with E-state index in [1.54, 1.807) is 10.6 Å². The Kier molecular flexibility index (Phi) is 7.53. The molecule has 1 aliphatic heterocycles. The second-order valence-electron chi connectivity index (χ2n) is 8.83. The molecule has 3 aromatic carbocycles. The highest BCUT2D eigenvalue weighted by atomic mass is 32.1. The highest BCUT2D eigenvalue weighted by Crippen LogP contribution is 2.31. The van der Waals surface area contributed by atoms with Gasteiger partial charge in [0.05, 0.1) is 40.6 Å². The molecule has 194 valence electrons. The van der Waals surface area contributed by atoms with Crippen LogP contribution in [0.2, 0.25) is 0 Å². The Hall–Kier alpha value is -4.74. The summed E-state index contributed by atoms with van der Waals surface area (Å²) in [7, 11) is 1.34. The lowest BCUT2D eigenvalue weighted by Gasteiger charge is -2.25. The van der Waals surface area contributed by atoms with Crippen molar-refractivity contribution in [1.29, 1.82) is 5.26 Å². The van der Waals surface area contributed by atoms with Crippen molar-refractivity contribution in [2.45, 2.75) is 26.0 Å². The molecule has 1 aromatic heterocycles. The fourth-order valence-corrected chi connectivity index (χ4v) is 5.56. The first-order valence-electron chi connectivity index (χ1n) is 12.4. The molecule has 1 atom stereocenters. The highest BCUT2D eigenvalue weighted by Gasteiger charge is 2.33. The number of rotatable bonds is 7. The number of benzene rings is 3. The average molecular weight is 536 g/mol. The first kappa shape index (κ1) is 25.9. The maximum atomic E-state index is 13.7. The number of nitrogens with zero attached hydrogens (tertiary/aromatic N) is 3. The van der Waals surface area contributed by atoms with Crippen molar-refractivity contribution in [2.24, 2.45) is 4.99 Å². The second-order valence-corrected chi connectivity index (χ2v) is 9.83. The van der Waals surface area contributed by atoms with Crippen LogP contribution in [0.4, 0.5) is 0 Å². The number of allylic oxidation sites excluding steroid dienone is 1. The number of thiazole rings is 1. The van der Waals surface area contributed by atoms with Gasteiger partial charge in [-0.3, -0.25) is 9.36 Å². The van der Waals surface area contributed by atoms with Gasteiger partial charge in [0.1, 0.15) is 12.4 Å². The summed E-state index contributed by atoms with van der Waals surface area (Å²) in [6.07, 6.45) is 2.34. The van der Waals surface area contributed by atoms with Crippen LogP contribution in [0.5, 0.6) is 5.75 Å². The fraction of sp³-hybridized carbons (Fsp3) is 0.161. The third-order valence-electron chi connectivity index (χ3n) is 6.48. The van der Waals surface area contributed by atoms with Gasteiger partial charge >= 0.3 is 5.97 Å². The van der Waals surface area contributed by atoms with Gasteiger partial charge in [0.25, 0.3) is 5.56 Å². The van der Waals surface area contributed by atoms with Gasteiger partial charge in [0, 0.05) is 5.56 Å². The zero-order chi connectivity index (χ0) is 27.4. The molecule has 0 unspecified atom stereocenters. The lowest BCUT2D eigenvalue weighted by atomic mass is 9.95. The van der Waals surface area contributed by atoms with E-state index in [2.05, 4.69) is 6.07 Å². The third-order valence-corrected chi connectivity index (χ3v) is 7.46. The zero-order valence-corrected chi connectivity index (χ0v) is 22.3.